The first kappa shape index (κ1) is 26.4. The molecule has 0 unspecified atom stereocenters. The van der Waals surface area contributed by atoms with E-state index in [0.717, 1.165) is 16.7 Å². The second kappa shape index (κ2) is 13.6. The highest BCUT2D eigenvalue weighted by molar-refractivity contribution is 6.31. The van der Waals surface area contributed by atoms with Gasteiger partial charge in [0.1, 0.15) is 25.0 Å². The third-order valence-corrected chi connectivity index (χ3v) is 5.79. The van der Waals surface area contributed by atoms with Crippen LogP contribution in [0.5, 0.6) is 5.75 Å². The van der Waals surface area contributed by atoms with E-state index in [1.807, 2.05) is 54.6 Å². The first-order valence-corrected chi connectivity index (χ1v) is 12.2. The van der Waals surface area contributed by atoms with Crippen molar-refractivity contribution < 1.29 is 19.1 Å². The summed E-state index contributed by atoms with van der Waals surface area (Å²) in [7, 11) is 0. The molecule has 3 N–H and O–H groups in total. The molecular formula is C28H26ClN5O4. The fourth-order valence-corrected chi connectivity index (χ4v) is 3.60. The molecule has 4 aromatic rings. The van der Waals surface area contributed by atoms with E-state index >= 15 is 0 Å². The molecule has 10 heteroatoms. The van der Waals surface area contributed by atoms with Crippen molar-refractivity contribution in [3.8, 4) is 5.75 Å². The summed E-state index contributed by atoms with van der Waals surface area (Å²) in [6.07, 6.45) is 4.04. The van der Waals surface area contributed by atoms with Crippen LogP contribution in [0.2, 0.25) is 5.02 Å². The number of benzene rings is 3. The van der Waals surface area contributed by atoms with E-state index in [4.69, 9.17) is 21.1 Å². The van der Waals surface area contributed by atoms with Crippen LogP contribution >= 0.6 is 11.6 Å². The van der Waals surface area contributed by atoms with Crippen molar-refractivity contribution >= 4 is 29.8 Å². The number of hydrogen-bond acceptors (Lipinski definition) is 6. The predicted octanol–water partition coefficient (Wildman–Crippen LogP) is 4.63. The summed E-state index contributed by atoms with van der Waals surface area (Å²) in [5.74, 6) is 0.163. The molecule has 0 spiro atoms. The van der Waals surface area contributed by atoms with E-state index in [1.165, 1.54) is 12.5 Å². The third kappa shape index (κ3) is 8.21. The molecule has 1 heterocycles. The van der Waals surface area contributed by atoms with Crippen molar-refractivity contribution in [2.24, 2.45) is 5.10 Å². The number of nitrogens with zero attached hydrogens (tertiary/aromatic N) is 2. The van der Waals surface area contributed by atoms with Crippen molar-refractivity contribution in [2.45, 2.75) is 25.7 Å². The fraction of sp³-hybridized carbons (Fsp3) is 0.143. The molecule has 194 valence electrons. The van der Waals surface area contributed by atoms with Crippen LogP contribution in [-0.4, -0.2) is 34.2 Å². The Morgan fingerprint density at radius 3 is 2.50 bits per heavy atom. The zero-order valence-electron chi connectivity index (χ0n) is 20.3. The summed E-state index contributed by atoms with van der Waals surface area (Å²) in [4.78, 5) is 32.0. The largest absolute Gasteiger partial charge is 0.489 e. The maximum absolute atomic E-state index is 12.8. The number of amides is 2. The maximum Gasteiger partial charge on any atom is 0.408 e. The molecular weight excluding hydrogens is 506 g/mol. The summed E-state index contributed by atoms with van der Waals surface area (Å²) >= 11 is 6.16. The molecule has 38 heavy (non-hydrogen) atoms. The molecule has 0 saturated heterocycles. The van der Waals surface area contributed by atoms with Crippen LogP contribution in [0.3, 0.4) is 0 Å². The van der Waals surface area contributed by atoms with Crippen molar-refractivity contribution in [1.29, 1.82) is 0 Å². The van der Waals surface area contributed by atoms with Gasteiger partial charge in [0.2, 0.25) is 0 Å². The Morgan fingerprint density at radius 1 is 1.00 bits per heavy atom. The lowest BCUT2D eigenvalue weighted by Crippen LogP contribution is -2.47. The van der Waals surface area contributed by atoms with Gasteiger partial charge in [-0.15, -0.1) is 0 Å². The van der Waals surface area contributed by atoms with Gasteiger partial charge in [0, 0.05) is 28.9 Å². The average Bonchev–Trinajstić information content (AvgIpc) is 3.46. The van der Waals surface area contributed by atoms with Crippen LogP contribution < -0.4 is 15.5 Å². The molecule has 0 aliphatic rings. The van der Waals surface area contributed by atoms with Crippen LogP contribution in [0.4, 0.5) is 4.79 Å². The molecule has 0 radical (unpaired) electrons. The molecule has 0 saturated carbocycles. The number of aromatic amines is 1. The lowest BCUT2D eigenvalue weighted by Gasteiger charge is -2.16. The maximum atomic E-state index is 12.8. The number of hydrogen-bond donors (Lipinski definition) is 3. The number of alkyl carbamates (subject to hydrolysis) is 1. The quantitative estimate of drug-likeness (QED) is 0.193. The van der Waals surface area contributed by atoms with Gasteiger partial charge < -0.3 is 19.8 Å². The summed E-state index contributed by atoms with van der Waals surface area (Å²) in [5.41, 5.74) is 5.62. The molecule has 0 aliphatic carbocycles. The molecule has 1 aromatic heterocycles. The van der Waals surface area contributed by atoms with Gasteiger partial charge in [0.25, 0.3) is 5.91 Å². The Kier molecular flexibility index (Phi) is 9.47. The summed E-state index contributed by atoms with van der Waals surface area (Å²) in [5, 5.41) is 7.27. The second-order valence-corrected chi connectivity index (χ2v) is 8.63. The Morgan fingerprint density at radius 2 is 1.76 bits per heavy atom. The van der Waals surface area contributed by atoms with E-state index in [9.17, 15) is 9.59 Å². The fourth-order valence-electron chi connectivity index (χ4n) is 3.41. The number of H-pyrrole nitrogens is 1. The normalized spacial score (nSPS) is 11.6. The number of hydrazone groups is 1. The van der Waals surface area contributed by atoms with Crippen LogP contribution in [0, 0.1) is 0 Å². The molecule has 4 rings (SSSR count). The molecule has 3 aromatic carbocycles. The van der Waals surface area contributed by atoms with Crippen LogP contribution in [-0.2, 0) is 29.2 Å². The van der Waals surface area contributed by atoms with E-state index in [2.05, 4.69) is 25.8 Å². The Labute approximate surface area is 224 Å². The summed E-state index contributed by atoms with van der Waals surface area (Å²) < 4.78 is 11.0. The number of carbonyl (C=O) groups is 2. The lowest BCUT2D eigenvalue weighted by atomic mass is 10.1. The number of carbonyl (C=O) groups excluding carboxylic acids is 2. The molecule has 0 bridgehead atoms. The number of imidazole rings is 1. The van der Waals surface area contributed by atoms with Crippen LogP contribution in [0.1, 0.15) is 22.4 Å². The zero-order chi connectivity index (χ0) is 26.6. The van der Waals surface area contributed by atoms with E-state index in [-0.39, 0.29) is 13.0 Å². The van der Waals surface area contributed by atoms with Crippen molar-refractivity contribution in [3.05, 3.63) is 119 Å². The van der Waals surface area contributed by atoms with Gasteiger partial charge in [0.15, 0.2) is 0 Å². The minimum absolute atomic E-state index is 0.0846. The third-order valence-electron chi connectivity index (χ3n) is 5.42. The summed E-state index contributed by atoms with van der Waals surface area (Å²) in [6.45, 7) is 0.434. The first-order valence-electron chi connectivity index (χ1n) is 11.8. The smallest absolute Gasteiger partial charge is 0.408 e. The predicted molar refractivity (Wildman–Crippen MR) is 144 cm³/mol. The second-order valence-electron chi connectivity index (χ2n) is 8.22. The van der Waals surface area contributed by atoms with Crippen LogP contribution in [0.15, 0.2) is 96.5 Å². The molecule has 0 fully saturated rings. The van der Waals surface area contributed by atoms with Crippen molar-refractivity contribution in [3.63, 3.8) is 0 Å². The van der Waals surface area contributed by atoms with Gasteiger partial charge in [-0.05, 0) is 41.5 Å². The molecule has 0 aliphatic heterocycles. The Bertz CT molecular complexity index is 1350. The van der Waals surface area contributed by atoms with Gasteiger partial charge in [0.05, 0.1) is 12.5 Å². The average molecular weight is 532 g/mol. The van der Waals surface area contributed by atoms with E-state index in [0.29, 0.717) is 23.1 Å². The minimum atomic E-state index is -0.934. The SMILES string of the molecule is O=C(N[C@@H](Cc1cnc[nH]1)C(=O)N/N=C\c1ccc(OCc2ccccc2Cl)cc1)OCc1ccccc1. The lowest BCUT2D eigenvalue weighted by molar-refractivity contribution is -0.123. The molecule has 1 atom stereocenters. The number of ether oxygens (including phenoxy) is 2. The van der Waals surface area contributed by atoms with Crippen LogP contribution in [0.25, 0.3) is 0 Å². The van der Waals surface area contributed by atoms with Gasteiger partial charge in [-0.3, -0.25) is 4.79 Å². The monoisotopic (exact) mass is 531 g/mol. The zero-order valence-corrected chi connectivity index (χ0v) is 21.1. The van der Waals surface area contributed by atoms with E-state index < -0.39 is 18.0 Å². The Balaban J connectivity index is 1.29. The van der Waals surface area contributed by atoms with Crippen molar-refractivity contribution in [1.82, 2.24) is 20.7 Å². The summed E-state index contributed by atoms with van der Waals surface area (Å²) in [6, 6.07) is 23.0. The highest BCUT2D eigenvalue weighted by Gasteiger charge is 2.22. The topological polar surface area (TPSA) is 118 Å². The van der Waals surface area contributed by atoms with E-state index in [1.54, 1.807) is 30.5 Å². The van der Waals surface area contributed by atoms with Crippen molar-refractivity contribution in [2.75, 3.05) is 0 Å². The number of rotatable bonds is 11. The molecule has 9 nitrogen and oxygen atoms in total. The van der Waals surface area contributed by atoms with Gasteiger partial charge in [-0.2, -0.15) is 5.10 Å². The minimum Gasteiger partial charge on any atom is -0.489 e. The highest BCUT2D eigenvalue weighted by Crippen LogP contribution is 2.18. The first-order chi connectivity index (χ1) is 18.6. The van der Waals surface area contributed by atoms with Gasteiger partial charge in [-0.25, -0.2) is 15.2 Å². The highest BCUT2D eigenvalue weighted by atomic mass is 35.5. The van der Waals surface area contributed by atoms with Gasteiger partial charge in [-0.1, -0.05) is 60.1 Å². The number of aromatic nitrogens is 2. The van der Waals surface area contributed by atoms with Gasteiger partial charge >= 0.3 is 6.09 Å². The number of nitrogens with one attached hydrogen (secondary N) is 3. The molecule has 2 amide bonds. The number of halogens is 1. The Hall–Kier alpha value is -4.63. The standard InChI is InChI=1S/C28H26ClN5O4/c29-25-9-5-4-8-22(25)18-37-24-12-10-20(11-13-24)15-32-34-27(35)26(14-23-16-30-19-31-23)33-28(36)38-17-21-6-2-1-3-7-21/h1-13,15-16,19,26H,14,17-18H2,(H,30,31)(H,33,36)(H,34,35)/b32-15-/t26-/m0/s1.